The quantitative estimate of drug-likeness (QED) is 0.587. The molecule has 0 fully saturated rings. The topological polar surface area (TPSA) is 54.5 Å². The van der Waals surface area contributed by atoms with Crippen molar-refractivity contribution in [3.05, 3.63) is 89.9 Å². The molecule has 4 aromatic rings. The maximum Gasteiger partial charge on any atom is 0.418 e. The Morgan fingerprint density at radius 3 is 2.46 bits per heavy atom. The first-order chi connectivity index (χ1) is 12.5. The molecule has 1 aromatic carbocycles. The number of halogens is 3. The summed E-state index contributed by atoms with van der Waals surface area (Å²) in [5.41, 5.74) is 1.15. The van der Waals surface area contributed by atoms with Crippen LogP contribution in [-0.4, -0.2) is 19.9 Å². The summed E-state index contributed by atoms with van der Waals surface area (Å²) in [5.74, 6) is -0.447. The summed E-state index contributed by atoms with van der Waals surface area (Å²) in [5, 5.41) is 0.436. The zero-order valence-electron chi connectivity index (χ0n) is 13.4. The van der Waals surface area contributed by atoms with Gasteiger partial charge in [0.05, 0.1) is 23.3 Å². The lowest BCUT2D eigenvalue weighted by atomic mass is 9.87. The molecule has 0 saturated carbocycles. The van der Waals surface area contributed by atoms with Gasteiger partial charge in [0, 0.05) is 35.9 Å². The van der Waals surface area contributed by atoms with E-state index in [2.05, 4.69) is 19.9 Å². The van der Waals surface area contributed by atoms with Gasteiger partial charge >= 0.3 is 6.18 Å². The van der Waals surface area contributed by atoms with Crippen molar-refractivity contribution in [2.45, 2.75) is 12.1 Å². The highest BCUT2D eigenvalue weighted by atomic mass is 19.4. The largest absolute Gasteiger partial charge is 0.418 e. The van der Waals surface area contributed by atoms with Gasteiger partial charge in [-0.15, -0.1) is 0 Å². The first-order valence-corrected chi connectivity index (χ1v) is 7.88. The van der Waals surface area contributed by atoms with Gasteiger partial charge in [-0.05, 0) is 35.4 Å². The molecule has 0 aliphatic rings. The first-order valence-electron chi connectivity index (χ1n) is 7.88. The van der Waals surface area contributed by atoms with Crippen LogP contribution in [0.25, 0.3) is 10.9 Å². The van der Waals surface area contributed by atoms with Crippen LogP contribution in [0.1, 0.15) is 28.3 Å². The Balaban J connectivity index is 1.99. The molecule has 130 valence electrons. The van der Waals surface area contributed by atoms with E-state index in [1.165, 1.54) is 12.5 Å². The summed E-state index contributed by atoms with van der Waals surface area (Å²) < 4.78 is 40.9. The monoisotopic (exact) mass is 354 g/mol. The number of pyridine rings is 2. The molecule has 7 heteroatoms. The molecule has 3 aromatic heterocycles. The molecule has 3 heterocycles. The number of aromatic amines is 1. The summed E-state index contributed by atoms with van der Waals surface area (Å²) in [6.07, 6.45) is 3.25. The molecule has 4 rings (SSSR count). The molecule has 26 heavy (non-hydrogen) atoms. The molecule has 0 bridgehead atoms. The van der Waals surface area contributed by atoms with Crippen LogP contribution in [-0.2, 0) is 6.18 Å². The predicted molar refractivity (Wildman–Crippen MR) is 90.5 cm³/mol. The Kier molecular flexibility index (Phi) is 3.91. The fourth-order valence-corrected chi connectivity index (χ4v) is 3.12. The lowest BCUT2D eigenvalue weighted by Crippen LogP contribution is -2.11. The van der Waals surface area contributed by atoms with E-state index < -0.39 is 17.7 Å². The van der Waals surface area contributed by atoms with Gasteiger partial charge in [0.2, 0.25) is 0 Å². The van der Waals surface area contributed by atoms with E-state index in [-0.39, 0.29) is 5.52 Å². The lowest BCUT2D eigenvalue weighted by molar-refractivity contribution is -0.136. The van der Waals surface area contributed by atoms with Gasteiger partial charge in [0.1, 0.15) is 0 Å². The fourth-order valence-electron chi connectivity index (χ4n) is 3.12. The molecule has 0 aliphatic heterocycles. The smallest absolute Gasteiger partial charge is 0.348 e. The van der Waals surface area contributed by atoms with E-state index in [9.17, 15) is 13.2 Å². The third kappa shape index (κ3) is 2.92. The summed E-state index contributed by atoms with van der Waals surface area (Å²) in [6, 6.07) is 9.74. The second kappa shape index (κ2) is 6.25. The van der Waals surface area contributed by atoms with Crippen LogP contribution < -0.4 is 0 Å². The van der Waals surface area contributed by atoms with E-state index in [1.807, 2.05) is 6.07 Å². The van der Waals surface area contributed by atoms with Crippen molar-refractivity contribution in [1.82, 2.24) is 19.9 Å². The van der Waals surface area contributed by atoms with Crippen molar-refractivity contribution < 1.29 is 13.2 Å². The molecule has 1 atom stereocenters. The minimum Gasteiger partial charge on any atom is -0.348 e. The second-order valence-electron chi connectivity index (χ2n) is 5.87. The Labute approximate surface area is 146 Å². The zero-order chi connectivity index (χ0) is 18.1. The van der Waals surface area contributed by atoms with Crippen molar-refractivity contribution in [2.24, 2.45) is 0 Å². The van der Waals surface area contributed by atoms with Crippen molar-refractivity contribution in [1.29, 1.82) is 0 Å². The fraction of sp³-hybridized carbons (Fsp3) is 0.105. The number of rotatable bonds is 3. The third-order valence-corrected chi connectivity index (χ3v) is 4.21. The zero-order valence-corrected chi connectivity index (χ0v) is 13.4. The molecule has 0 radical (unpaired) electrons. The second-order valence-corrected chi connectivity index (χ2v) is 5.87. The first kappa shape index (κ1) is 16.3. The van der Waals surface area contributed by atoms with E-state index in [0.717, 1.165) is 11.6 Å². The average molecular weight is 354 g/mol. The Bertz CT molecular complexity index is 1030. The minimum absolute atomic E-state index is 0.0571. The van der Waals surface area contributed by atoms with E-state index in [1.54, 1.807) is 42.9 Å². The van der Waals surface area contributed by atoms with Crippen molar-refractivity contribution in [3.8, 4) is 0 Å². The van der Waals surface area contributed by atoms with Gasteiger partial charge in [0.25, 0.3) is 0 Å². The Hall–Kier alpha value is -3.22. The summed E-state index contributed by atoms with van der Waals surface area (Å²) in [4.78, 5) is 15.1. The maximum absolute atomic E-state index is 13.6. The van der Waals surface area contributed by atoms with Crippen LogP contribution >= 0.6 is 0 Å². The number of aromatic nitrogens is 4. The van der Waals surface area contributed by atoms with Gasteiger partial charge in [-0.2, -0.15) is 13.2 Å². The lowest BCUT2D eigenvalue weighted by Gasteiger charge is -2.19. The van der Waals surface area contributed by atoms with Crippen LogP contribution in [0.4, 0.5) is 13.2 Å². The molecule has 1 unspecified atom stereocenters. The Morgan fingerprint density at radius 1 is 0.923 bits per heavy atom. The highest BCUT2D eigenvalue weighted by Gasteiger charge is 2.34. The summed E-state index contributed by atoms with van der Waals surface area (Å²) in [7, 11) is 0. The van der Waals surface area contributed by atoms with E-state index in [4.69, 9.17) is 0 Å². The van der Waals surface area contributed by atoms with E-state index >= 15 is 0 Å². The Morgan fingerprint density at radius 2 is 1.77 bits per heavy atom. The van der Waals surface area contributed by atoms with Crippen LogP contribution in [0.3, 0.4) is 0 Å². The standard InChI is InChI=1S/C19H13F3N4/c20-19(21,22)15-8-14(7-12-3-2-6-25-18(12)15)17(16-10-24-11-26-16)13-4-1-5-23-9-13/h1-11,17H,(H,24,26). The SMILES string of the molecule is FC(F)(F)c1cc(C(c2cccnc2)c2cnc[nH]2)cc2cccnc12. The van der Waals surface area contributed by atoms with Crippen molar-refractivity contribution in [3.63, 3.8) is 0 Å². The molecule has 0 amide bonds. The number of fused-ring (bicyclic) bond motifs is 1. The molecular formula is C19H13F3N4. The van der Waals surface area contributed by atoms with Gasteiger partial charge in [-0.3, -0.25) is 9.97 Å². The van der Waals surface area contributed by atoms with Crippen LogP contribution in [0.2, 0.25) is 0 Å². The number of alkyl halides is 3. The predicted octanol–water partition coefficient (Wildman–Crippen LogP) is 4.55. The molecule has 0 saturated heterocycles. The van der Waals surface area contributed by atoms with Crippen LogP contribution in [0.15, 0.2) is 67.5 Å². The highest BCUT2D eigenvalue weighted by molar-refractivity contribution is 5.83. The normalized spacial score (nSPS) is 13.0. The summed E-state index contributed by atoms with van der Waals surface area (Å²) >= 11 is 0. The van der Waals surface area contributed by atoms with E-state index in [0.29, 0.717) is 16.6 Å². The molecule has 0 spiro atoms. The molecule has 4 nitrogen and oxygen atoms in total. The molecule has 0 aliphatic carbocycles. The number of hydrogen-bond donors (Lipinski definition) is 1. The highest BCUT2D eigenvalue weighted by Crippen LogP contribution is 2.39. The average Bonchev–Trinajstić information content (AvgIpc) is 3.15. The van der Waals surface area contributed by atoms with Crippen molar-refractivity contribution in [2.75, 3.05) is 0 Å². The van der Waals surface area contributed by atoms with Gasteiger partial charge in [-0.1, -0.05) is 12.1 Å². The van der Waals surface area contributed by atoms with Gasteiger partial charge < -0.3 is 4.98 Å². The molecular weight excluding hydrogens is 341 g/mol. The number of nitrogens with one attached hydrogen (secondary N) is 1. The number of imidazole rings is 1. The summed E-state index contributed by atoms with van der Waals surface area (Å²) in [6.45, 7) is 0. The van der Waals surface area contributed by atoms with Crippen molar-refractivity contribution >= 4 is 10.9 Å². The molecule has 1 N–H and O–H groups in total. The number of H-pyrrole nitrogens is 1. The maximum atomic E-state index is 13.6. The number of hydrogen-bond acceptors (Lipinski definition) is 3. The van der Waals surface area contributed by atoms with Gasteiger partial charge in [0.15, 0.2) is 0 Å². The van der Waals surface area contributed by atoms with Gasteiger partial charge in [-0.25, -0.2) is 4.98 Å². The van der Waals surface area contributed by atoms with Crippen LogP contribution in [0.5, 0.6) is 0 Å². The number of benzene rings is 1. The number of nitrogens with zero attached hydrogens (tertiary/aromatic N) is 3. The minimum atomic E-state index is -4.50. The van der Waals surface area contributed by atoms with Crippen LogP contribution in [0, 0.1) is 0 Å². The third-order valence-electron chi connectivity index (χ3n) is 4.21.